The minimum absolute atomic E-state index is 0.149. The summed E-state index contributed by atoms with van der Waals surface area (Å²) in [4.78, 5) is 25.3. The molecule has 2 N–H and O–H groups in total. The highest BCUT2D eigenvalue weighted by molar-refractivity contribution is 6.21. The Morgan fingerprint density at radius 3 is 2.72 bits per heavy atom. The highest BCUT2D eigenvalue weighted by Gasteiger charge is 2.35. The Hall–Kier alpha value is -2.63. The summed E-state index contributed by atoms with van der Waals surface area (Å²) < 4.78 is 4.67. The molecule has 0 saturated carbocycles. The molecular weight excluding hydrogens is 234 g/mol. The summed E-state index contributed by atoms with van der Waals surface area (Å²) >= 11 is 0. The van der Waals surface area contributed by atoms with Gasteiger partial charge in [-0.1, -0.05) is 5.16 Å². The van der Waals surface area contributed by atoms with E-state index in [0.29, 0.717) is 22.4 Å². The van der Waals surface area contributed by atoms with E-state index in [2.05, 4.69) is 9.68 Å². The number of amides is 2. The summed E-state index contributed by atoms with van der Waals surface area (Å²) in [7, 11) is 0. The number of hydrogen-bond donors (Lipinski definition) is 1. The van der Waals surface area contributed by atoms with Crippen LogP contribution < -0.4 is 5.73 Å². The fourth-order valence-electron chi connectivity index (χ4n) is 1.94. The number of aromatic nitrogens is 1. The first-order valence-electron chi connectivity index (χ1n) is 5.31. The van der Waals surface area contributed by atoms with E-state index in [9.17, 15) is 9.59 Å². The van der Waals surface area contributed by atoms with Crippen LogP contribution in [0.15, 0.2) is 35.2 Å². The molecule has 90 valence electrons. The molecule has 1 aliphatic rings. The zero-order valence-corrected chi connectivity index (χ0v) is 9.29. The fourth-order valence-corrected chi connectivity index (χ4v) is 1.94. The van der Waals surface area contributed by atoms with E-state index < -0.39 is 0 Å². The summed E-state index contributed by atoms with van der Waals surface area (Å²) in [6, 6.07) is 4.69. The van der Waals surface area contributed by atoms with Crippen molar-refractivity contribution in [3.8, 4) is 0 Å². The molecule has 6 nitrogen and oxygen atoms in total. The number of anilines is 1. The molecule has 3 rings (SSSR count). The van der Waals surface area contributed by atoms with E-state index in [1.165, 1.54) is 18.5 Å². The standard InChI is InChI=1S/C12H9N3O3/c13-8-1-2-9-10(3-8)12(17)15(11(9)16)5-7-4-14-18-6-7/h1-4,6H,5,13H2. The SMILES string of the molecule is Nc1ccc2c(c1)C(=O)N(Cc1cnoc1)C2=O. The van der Waals surface area contributed by atoms with Crippen LogP contribution in [0.4, 0.5) is 5.69 Å². The molecule has 0 unspecified atom stereocenters. The Morgan fingerprint density at radius 2 is 2.00 bits per heavy atom. The summed E-state index contributed by atoms with van der Waals surface area (Å²) in [6.45, 7) is 0.149. The smallest absolute Gasteiger partial charge is 0.261 e. The van der Waals surface area contributed by atoms with Crippen LogP contribution in [0.25, 0.3) is 0 Å². The number of nitrogens with two attached hydrogens (primary N) is 1. The molecule has 1 aliphatic heterocycles. The molecule has 18 heavy (non-hydrogen) atoms. The zero-order chi connectivity index (χ0) is 12.7. The fraction of sp³-hybridized carbons (Fsp3) is 0.0833. The van der Waals surface area contributed by atoms with Crippen molar-refractivity contribution in [2.45, 2.75) is 6.54 Å². The maximum atomic E-state index is 12.1. The third-order valence-corrected chi connectivity index (χ3v) is 2.82. The van der Waals surface area contributed by atoms with Gasteiger partial charge < -0.3 is 10.3 Å². The second-order valence-electron chi connectivity index (χ2n) is 4.03. The number of hydrogen-bond acceptors (Lipinski definition) is 5. The third-order valence-electron chi connectivity index (χ3n) is 2.82. The van der Waals surface area contributed by atoms with Crippen LogP contribution in [-0.2, 0) is 6.54 Å². The molecule has 1 aromatic carbocycles. The molecule has 2 heterocycles. The Kier molecular flexibility index (Phi) is 2.16. The molecule has 1 aromatic heterocycles. The second kappa shape index (κ2) is 3.69. The van der Waals surface area contributed by atoms with Crippen molar-refractivity contribution < 1.29 is 14.1 Å². The second-order valence-corrected chi connectivity index (χ2v) is 4.03. The van der Waals surface area contributed by atoms with Gasteiger partial charge in [0.15, 0.2) is 0 Å². The summed E-state index contributed by atoms with van der Waals surface area (Å²) in [5.74, 6) is -0.667. The molecule has 0 aliphatic carbocycles. The molecule has 0 saturated heterocycles. The largest absolute Gasteiger partial charge is 0.399 e. The molecule has 0 bridgehead atoms. The average molecular weight is 243 g/mol. The van der Waals surface area contributed by atoms with E-state index in [4.69, 9.17) is 5.73 Å². The van der Waals surface area contributed by atoms with Crippen molar-refractivity contribution in [2.24, 2.45) is 0 Å². The van der Waals surface area contributed by atoms with Gasteiger partial charge in [0.1, 0.15) is 6.26 Å². The van der Waals surface area contributed by atoms with Crippen molar-refractivity contribution in [3.63, 3.8) is 0 Å². The monoisotopic (exact) mass is 243 g/mol. The number of nitrogens with zero attached hydrogens (tertiary/aromatic N) is 2. The van der Waals surface area contributed by atoms with E-state index in [0.717, 1.165) is 4.90 Å². The predicted octanol–water partition coefficient (Wildman–Crippen LogP) is 1.05. The summed E-state index contributed by atoms with van der Waals surface area (Å²) in [6.07, 6.45) is 2.87. The first-order valence-corrected chi connectivity index (χ1v) is 5.31. The number of benzene rings is 1. The normalized spacial score (nSPS) is 14.1. The zero-order valence-electron chi connectivity index (χ0n) is 9.29. The number of rotatable bonds is 2. The number of imide groups is 1. The first kappa shape index (κ1) is 10.5. The number of carbonyl (C=O) groups is 2. The minimum atomic E-state index is -0.344. The van der Waals surface area contributed by atoms with E-state index in [1.54, 1.807) is 12.1 Å². The van der Waals surface area contributed by atoms with Crippen molar-refractivity contribution in [3.05, 3.63) is 47.3 Å². The molecule has 0 fully saturated rings. The third kappa shape index (κ3) is 1.46. The van der Waals surface area contributed by atoms with Crippen molar-refractivity contribution in [2.75, 3.05) is 5.73 Å². The van der Waals surface area contributed by atoms with Crippen molar-refractivity contribution in [1.82, 2.24) is 10.1 Å². The van der Waals surface area contributed by atoms with Crippen molar-refractivity contribution in [1.29, 1.82) is 0 Å². The van der Waals surface area contributed by atoms with E-state index >= 15 is 0 Å². The maximum absolute atomic E-state index is 12.1. The lowest BCUT2D eigenvalue weighted by Crippen LogP contribution is -2.28. The van der Waals surface area contributed by atoms with Crippen LogP contribution in [-0.4, -0.2) is 21.9 Å². The summed E-state index contributed by atoms with van der Waals surface area (Å²) in [5.41, 5.74) is 7.46. The maximum Gasteiger partial charge on any atom is 0.261 e. The topological polar surface area (TPSA) is 89.4 Å². The lowest BCUT2D eigenvalue weighted by atomic mass is 10.1. The Morgan fingerprint density at radius 1 is 1.22 bits per heavy atom. The Balaban J connectivity index is 1.97. The van der Waals surface area contributed by atoms with Gasteiger partial charge in [0.25, 0.3) is 11.8 Å². The van der Waals surface area contributed by atoms with Gasteiger partial charge in [-0.2, -0.15) is 0 Å². The van der Waals surface area contributed by atoms with Crippen molar-refractivity contribution >= 4 is 17.5 Å². The van der Waals surface area contributed by atoms with Gasteiger partial charge in [0, 0.05) is 11.3 Å². The minimum Gasteiger partial charge on any atom is -0.399 e. The molecular formula is C12H9N3O3. The first-order chi connectivity index (χ1) is 8.66. The lowest BCUT2D eigenvalue weighted by molar-refractivity contribution is 0.0642. The Bertz CT molecular complexity index is 634. The van der Waals surface area contributed by atoms with Crippen LogP contribution in [0.2, 0.25) is 0 Å². The average Bonchev–Trinajstić information content (AvgIpc) is 2.93. The van der Waals surface area contributed by atoms with Gasteiger partial charge in [-0.15, -0.1) is 0 Å². The highest BCUT2D eigenvalue weighted by Crippen LogP contribution is 2.26. The van der Waals surface area contributed by atoms with Gasteiger partial charge >= 0.3 is 0 Å². The van der Waals surface area contributed by atoms with Crippen LogP contribution in [0.1, 0.15) is 26.3 Å². The predicted molar refractivity (Wildman–Crippen MR) is 61.6 cm³/mol. The summed E-state index contributed by atoms with van der Waals surface area (Å²) in [5, 5.41) is 3.53. The molecule has 6 heteroatoms. The lowest BCUT2D eigenvalue weighted by Gasteiger charge is -2.11. The molecule has 0 radical (unpaired) electrons. The molecule has 0 atom stereocenters. The molecule has 0 spiro atoms. The number of fused-ring (bicyclic) bond motifs is 1. The van der Waals surface area contributed by atoms with Gasteiger partial charge in [-0.25, -0.2) is 0 Å². The number of nitrogen functional groups attached to an aromatic ring is 1. The highest BCUT2D eigenvalue weighted by atomic mass is 16.5. The van der Waals surface area contributed by atoms with E-state index in [-0.39, 0.29) is 18.4 Å². The number of carbonyl (C=O) groups excluding carboxylic acids is 2. The van der Waals surface area contributed by atoms with Gasteiger partial charge in [0.05, 0.1) is 23.9 Å². The van der Waals surface area contributed by atoms with Crippen LogP contribution in [0, 0.1) is 0 Å². The quantitative estimate of drug-likeness (QED) is 0.629. The van der Waals surface area contributed by atoms with Crippen LogP contribution in [0.3, 0.4) is 0 Å². The molecule has 2 amide bonds. The molecule has 2 aromatic rings. The van der Waals surface area contributed by atoms with Gasteiger partial charge in [-0.3, -0.25) is 14.5 Å². The van der Waals surface area contributed by atoms with Crippen LogP contribution >= 0.6 is 0 Å². The van der Waals surface area contributed by atoms with Gasteiger partial charge in [-0.05, 0) is 18.2 Å². The van der Waals surface area contributed by atoms with E-state index in [1.807, 2.05) is 0 Å². The Labute approximate surface area is 102 Å². The van der Waals surface area contributed by atoms with Gasteiger partial charge in [0.2, 0.25) is 0 Å². The van der Waals surface area contributed by atoms with Crippen LogP contribution in [0.5, 0.6) is 0 Å².